The van der Waals surface area contributed by atoms with Crippen LogP contribution in [0.1, 0.15) is 11.1 Å². The van der Waals surface area contributed by atoms with Crippen molar-refractivity contribution in [1.29, 1.82) is 0 Å². The quantitative estimate of drug-likeness (QED) is 0.574. The van der Waals surface area contributed by atoms with Gasteiger partial charge in [0.05, 0.1) is 13.2 Å². The first kappa shape index (κ1) is 16.7. The summed E-state index contributed by atoms with van der Waals surface area (Å²) in [6, 6.07) is 18.2. The third-order valence-corrected chi connectivity index (χ3v) is 2.98. The van der Waals surface area contributed by atoms with Crippen LogP contribution in [-0.2, 0) is 32.4 Å². The summed E-state index contributed by atoms with van der Waals surface area (Å²) < 4.78 is 5.16. The maximum Gasteiger partial charge on any atom is 0.342 e. The second-order valence-electron chi connectivity index (χ2n) is 4.76. The van der Waals surface area contributed by atoms with Crippen molar-refractivity contribution in [3.63, 3.8) is 0 Å². The van der Waals surface area contributed by atoms with Crippen molar-refractivity contribution in [1.82, 2.24) is 5.48 Å². The Bertz CT molecular complexity index is 630. The molecule has 0 fully saturated rings. The standard InChI is InChI=1S/C17H17NO5/c19-16(18-23-12-14-9-5-2-6-10-14)15(17(20)21)22-11-13-7-3-1-4-8-13/h1-10,15H,11-12H2,(H,18,19)(H,20,21). The molecule has 1 amide bonds. The van der Waals surface area contributed by atoms with Gasteiger partial charge < -0.3 is 9.84 Å². The first-order valence-electron chi connectivity index (χ1n) is 7.00. The van der Waals surface area contributed by atoms with Crippen LogP contribution in [0.2, 0.25) is 0 Å². The molecule has 0 heterocycles. The number of carboxylic acid groups (broad SMARTS) is 1. The van der Waals surface area contributed by atoms with Gasteiger partial charge in [-0.1, -0.05) is 60.7 Å². The molecule has 1 atom stereocenters. The molecule has 0 bridgehead atoms. The van der Waals surface area contributed by atoms with Crippen LogP contribution in [0.15, 0.2) is 60.7 Å². The highest BCUT2D eigenvalue weighted by Gasteiger charge is 2.27. The number of amides is 1. The Kier molecular flexibility index (Phi) is 6.28. The molecule has 0 radical (unpaired) electrons. The van der Waals surface area contributed by atoms with Crippen LogP contribution in [0.3, 0.4) is 0 Å². The molecular formula is C17H17NO5. The first-order chi connectivity index (χ1) is 11.2. The fourth-order valence-corrected chi connectivity index (χ4v) is 1.83. The van der Waals surface area contributed by atoms with Crippen molar-refractivity contribution in [3.05, 3.63) is 71.8 Å². The third kappa shape index (κ3) is 5.54. The van der Waals surface area contributed by atoms with E-state index >= 15 is 0 Å². The average Bonchev–Trinajstić information content (AvgIpc) is 2.56. The topological polar surface area (TPSA) is 84.9 Å². The van der Waals surface area contributed by atoms with E-state index in [1.165, 1.54) is 0 Å². The first-order valence-corrected chi connectivity index (χ1v) is 7.00. The van der Waals surface area contributed by atoms with E-state index in [9.17, 15) is 9.59 Å². The monoisotopic (exact) mass is 315 g/mol. The van der Waals surface area contributed by atoms with E-state index in [0.29, 0.717) is 0 Å². The smallest absolute Gasteiger partial charge is 0.342 e. The van der Waals surface area contributed by atoms with Gasteiger partial charge in [-0.05, 0) is 11.1 Å². The molecular weight excluding hydrogens is 298 g/mol. The molecule has 0 aromatic heterocycles. The molecule has 23 heavy (non-hydrogen) atoms. The molecule has 0 spiro atoms. The van der Waals surface area contributed by atoms with Gasteiger partial charge in [-0.2, -0.15) is 0 Å². The summed E-state index contributed by atoms with van der Waals surface area (Å²) in [5.41, 5.74) is 3.73. The number of carbonyl (C=O) groups excluding carboxylic acids is 1. The zero-order chi connectivity index (χ0) is 16.5. The van der Waals surface area contributed by atoms with Gasteiger partial charge in [-0.15, -0.1) is 0 Å². The molecule has 0 aliphatic carbocycles. The van der Waals surface area contributed by atoms with Gasteiger partial charge in [-0.25, -0.2) is 10.3 Å². The second kappa shape index (κ2) is 8.67. The molecule has 6 heteroatoms. The van der Waals surface area contributed by atoms with Crippen LogP contribution >= 0.6 is 0 Å². The number of hydroxylamine groups is 1. The number of aliphatic carboxylic acids is 1. The fourth-order valence-electron chi connectivity index (χ4n) is 1.83. The number of nitrogens with one attached hydrogen (secondary N) is 1. The second-order valence-corrected chi connectivity index (χ2v) is 4.76. The SMILES string of the molecule is O=C(O)C(OCc1ccccc1)C(=O)NOCc1ccccc1. The zero-order valence-electron chi connectivity index (χ0n) is 12.3. The Morgan fingerprint density at radius 1 is 0.913 bits per heavy atom. The molecule has 6 nitrogen and oxygen atoms in total. The van der Waals surface area contributed by atoms with Crippen molar-refractivity contribution in [2.75, 3.05) is 0 Å². The maximum absolute atomic E-state index is 11.9. The van der Waals surface area contributed by atoms with Crippen LogP contribution in [0.25, 0.3) is 0 Å². The van der Waals surface area contributed by atoms with Crippen LogP contribution in [0.5, 0.6) is 0 Å². The van der Waals surface area contributed by atoms with Crippen LogP contribution in [0, 0.1) is 0 Å². The molecule has 0 saturated carbocycles. The van der Waals surface area contributed by atoms with Crippen molar-refractivity contribution >= 4 is 11.9 Å². The van der Waals surface area contributed by atoms with Gasteiger partial charge in [0.15, 0.2) is 0 Å². The lowest BCUT2D eigenvalue weighted by Gasteiger charge is -2.13. The summed E-state index contributed by atoms with van der Waals surface area (Å²) in [5.74, 6) is -2.23. The average molecular weight is 315 g/mol. The molecule has 2 N–H and O–H groups in total. The molecule has 2 aromatic rings. The number of ether oxygens (including phenoxy) is 1. The Morgan fingerprint density at radius 3 is 1.96 bits per heavy atom. The Hall–Kier alpha value is -2.70. The molecule has 2 rings (SSSR count). The minimum absolute atomic E-state index is 0.0178. The number of rotatable bonds is 8. The van der Waals surface area contributed by atoms with Gasteiger partial charge in [0, 0.05) is 0 Å². The van der Waals surface area contributed by atoms with Gasteiger partial charge in [-0.3, -0.25) is 9.63 Å². The molecule has 120 valence electrons. The minimum atomic E-state index is -1.63. The third-order valence-electron chi connectivity index (χ3n) is 2.98. The summed E-state index contributed by atoms with van der Waals surface area (Å²) in [4.78, 5) is 28.0. The van der Waals surface area contributed by atoms with Crippen molar-refractivity contribution in [2.24, 2.45) is 0 Å². The van der Waals surface area contributed by atoms with E-state index in [2.05, 4.69) is 5.48 Å². The predicted molar refractivity (Wildman–Crippen MR) is 82.0 cm³/mol. The van der Waals surface area contributed by atoms with Crippen LogP contribution in [0.4, 0.5) is 0 Å². The summed E-state index contributed by atoms with van der Waals surface area (Å²) in [5, 5.41) is 9.10. The highest BCUT2D eigenvalue weighted by Crippen LogP contribution is 2.05. The lowest BCUT2D eigenvalue weighted by Crippen LogP contribution is -2.41. The van der Waals surface area contributed by atoms with Gasteiger partial charge >= 0.3 is 5.97 Å². The zero-order valence-corrected chi connectivity index (χ0v) is 12.3. The Labute approximate surface area is 133 Å². The van der Waals surface area contributed by atoms with Gasteiger partial charge in [0.25, 0.3) is 5.91 Å². The van der Waals surface area contributed by atoms with E-state index < -0.39 is 18.0 Å². The number of hydrogen-bond donors (Lipinski definition) is 2. The van der Waals surface area contributed by atoms with Crippen LogP contribution in [-0.4, -0.2) is 23.1 Å². The highest BCUT2D eigenvalue weighted by atomic mass is 16.7. The molecule has 2 aromatic carbocycles. The highest BCUT2D eigenvalue weighted by molar-refractivity contribution is 5.99. The van der Waals surface area contributed by atoms with Crippen LogP contribution < -0.4 is 5.48 Å². The summed E-state index contributed by atoms with van der Waals surface area (Å²) >= 11 is 0. The number of carbonyl (C=O) groups is 2. The van der Waals surface area contributed by atoms with Crippen molar-refractivity contribution in [3.8, 4) is 0 Å². The lowest BCUT2D eigenvalue weighted by atomic mass is 10.2. The normalized spacial score (nSPS) is 11.7. The minimum Gasteiger partial charge on any atom is -0.479 e. The van der Waals surface area contributed by atoms with E-state index in [1.807, 2.05) is 36.4 Å². The molecule has 0 aliphatic rings. The summed E-state index contributed by atoms with van der Waals surface area (Å²) in [6.45, 7) is 0.154. The van der Waals surface area contributed by atoms with E-state index in [4.69, 9.17) is 14.7 Å². The van der Waals surface area contributed by atoms with E-state index in [1.54, 1.807) is 24.3 Å². The molecule has 0 saturated heterocycles. The number of hydrogen-bond acceptors (Lipinski definition) is 4. The van der Waals surface area contributed by atoms with Crippen molar-refractivity contribution in [2.45, 2.75) is 19.3 Å². The Balaban J connectivity index is 1.82. The van der Waals surface area contributed by atoms with E-state index in [-0.39, 0.29) is 13.2 Å². The summed E-state index contributed by atoms with van der Waals surface area (Å²) in [6.07, 6.45) is -1.63. The largest absolute Gasteiger partial charge is 0.479 e. The van der Waals surface area contributed by atoms with Gasteiger partial charge in [0.2, 0.25) is 6.10 Å². The molecule has 0 aliphatic heterocycles. The lowest BCUT2D eigenvalue weighted by molar-refractivity contribution is -0.164. The van der Waals surface area contributed by atoms with E-state index in [0.717, 1.165) is 11.1 Å². The Morgan fingerprint density at radius 2 is 1.43 bits per heavy atom. The summed E-state index contributed by atoms with van der Waals surface area (Å²) in [7, 11) is 0. The number of carboxylic acids is 1. The number of benzene rings is 2. The fraction of sp³-hybridized carbons (Fsp3) is 0.176. The predicted octanol–water partition coefficient (Wildman–Crippen LogP) is 1.90. The van der Waals surface area contributed by atoms with Crippen molar-refractivity contribution < 1.29 is 24.3 Å². The molecule has 1 unspecified atom stereocenters. The maximum atomic E-state index is 11.9. The van der Waals surface area contributed by atoms with Gasteiger partial charge in [0.1, 0.15) is 0 Å².